The van der Waals surface area contributed by atoms with Gasteiger partial charge in [0, 0.05) is 23.3 Å². The standard InChI is InChI=1S/C24H28ClN3O4S/c1-17-12-13-19(14-21(17)25)28-22(29)15-27(33(31,32)20-10-4-3-5-11-20)16-24(28,2)23(30)26-18-8-6-7-9-18/h3-5,10-14,18H,6-9,15-16H2,1-2H3,(H,26,30)/t24-/m0/s1. The number of sulfonamides is 1. The molecule has 9 heteroatoms. The van der Waals surface area contributed by atoms with Crippen molar-refractivity contribution in [1.29, 1.82) is 0 Å². The lowest BCUT2D eigenvalue weighted by atomic mass is 9.93. The van der Waals surface area contributed by atoms with E-state index in [-0.39, 0.29) is 29.9 Å². The van der Waals surface area contributed by atoms with Gasteiger partial charge in [-0.05, 0) is 56.5 Å². The Kier molecular flexibility index (Phi) is 6.53. The average molecular weight is 490 g/mol. The first kappa shape index (κ1) is 23.7. The van der Waals surface area contributed by atoms with Gasteiger partial charge in [0.15, 0.2) is 0 Å². The molecule has 1 atom stereocenters. The number of amides is 2. The van der Waals surface area contributed by atoms with E-state index in [1.165, 1.54) is 17.0 Å². The summed E-state index contributed by atoms with van der Waals surface area (Å²) < 4.78 is 27.8. The van der Waals surface area contributed by atoms with Gasteiger partial charge in [-0.15, -0.1) is 0 Å². The van der Waals surface area contributed by atoms with Crippen molar-refractivity contribution in [2.75, 3.05) is 18.0 Å². The van der Waals surface area contributed by atoms with Crippen LogP contribution in [0.2, 0.25) is 5.02 Å². The number of carbonyl (C=O) groups is 2. The molecule has 2 fully saturated rings. The van der Waals surface area contributed by atoms with Gasteiger partial charge in [0.2, 0.25) is 21.8 Å². The first-order valence-corrected chi connectivity index (χ1v) is 12.9. The number of carbonyl (C=O) groups excluding carboxylic acids is 2. The molecule has 1 aliphatic carbocycles. The summed E-state index contributed by atoms with van der Waals surface area (Å²) in [5.74, 6) is -0.850. The second kappa shape index (κ2) is 9.08. The largest absolute Gasteiger partial charge is 0.351 e. The zero-order valence-electron chi connectivity index (χ0n) is 18.8. The number of anilines is 1. The van der Waals surface area contributed by atoms with Crippen LogP contribution in [0.4, 0.5) is 5.69 Å². The Morgan fingerprint density at radius 3 is 2.42 bits per heavy atom. The van der Waals surface area contributed by atoms with Crippen molar-refractivity contribution in [3.05, 3.63) is 59.1 Å². The van der Waals surface area contributed by atoms with E-state index in [2.05, 4.69) is 5.32 Å². The Bertz CT molecular complexity index is 1170. The Morgan fingerprint density at radius 1 is 1.12 bits per heavy atom. The second-order valence-corrected chi connectivity index (χ2v) is 11.3. The van der Waals surface area contributed by atoms with Crippen molar-refractivity contribution in [3.8, 4) is 0 Å². The lowest BCUT2D eigenvalue weighted by Gasteiger charge is -2.47. The van der Waals surface area contributed by atoms with Crippen LogP contribution in [-0.2, 0) is 19.6 Å². The zero-order valence-corrected chi connectivity index (χ0v) is 20.3. The Morgan fingerprint density at radius 2 is 1.79 bits per heavy atom. The molecule has 2 aromatic carbocycles. The van der Waals surface area contributed by atoms with Gasteiger partial charge in [-0.3, -0.25) is 14.5 Å². The molecule has 176 valence electrons. The predicted octanol–water partition coefficient (Wildman–Crippen LogP) is 3.50. The van der Waals surface area contributed by atoms with E-state index in [1.54, 1.807) is 43.3 Å². The number of rotatable bonds is 5. The molecule has 1 N–H and O–H groups in total. The summed E-state index contributed by atoms with van der Waals surface area (Å²) in [6.07, 6.45) is 3.81. The highest BCUT2D eigenvalue weighted by molar-refractivity contribution is 7.89. The molecular formula is C24H28ClN3O4S. The molecule has 0 unspecified atom stereocenters. The molecule has 7 nitrogen and oxygen atoms in total. The van der Waals surface area contributed by atoms with E-state index >= 15 is 0 Å². The Labute approximate surface area is 199 Å². The Hall–Kier alpha value is -2.42. The number of nitrogens with zero attached hydrogens (tertiary/aromatic N) is 2. The summed E-state index contributed by atoms with van der Waals surface area (Å²) in [4.78, 5) is 28.5. The van der Waals surface area contributed by atoms with Crippen LogP contribution >= 0.6 is 11.6 Å². The lowest BCUT2D eigenvalue weighted by Crippen LogP contribution is -2.70. The van der Waals surface area contributed by atoms with Crippen molar-refractivity contribution in [2.24, 2.45) is 0 Å². The van der Waals surface area contributed by atoms with E-state index < -0.39 is 21.5 Å². The summed E-state index contributed by atoms with van der Waals surface area (Å²) >= 11 is 6.33. The van der Waals surface area contributed by atoms with Crippen molar-refractivity contribution in [2.45, 2.75) is 56.0 Å². The minimum Gasteiger partial charge on any atom is -0.351 e. The first-order chi connectivity index (χ1) is 15.6. The van der Waals surface area contributed by atoms with Crippen molar-refractivity contribution >= 4 is 39.1 Å². The minimum absolute atomic E-state index is 0.0222. The number of nitrogens with one attached hydrogen (secondary N) is 1. The average Bonchev–Trinajstić information content (AvgIpc) is 3.29. The molecular weight excluding hydrogens is 462 g/mol. The lowest BCUT2D eigenvalue weighted by molar-refractivity contribution is -0.133. The Balaban J connectivity index is 1.74. The molecule has 1 saturated heterocycles. The maximum atomic E-state index is 13.6. The van der Waals surface area contributed by atoms with Gasteiger partial charge < -0.3 is 5.32 Å². The molecule has 1 heterocycles. The van der Waals surface area contributed by atoms with E-state index in [0.29, 0.717) is 10.7 Å². The van der Waals surface area contributed by atoms with Crippen molar-refractivity contribution < 1.29 is 18.0 Å². The van der Waals surface area contributed by atoms with Crippen LogP contribution in [-0.4, -0.2) is 49.2 Å². The van der Waals surface area contributed by atoms with E-state index in [0.717, 1.165) is 35.6 Å². The number of piperazine rings is 1. The molecule has 2 amide bonds. The molecule has 1 saturated carbocycles. The van der Waals surface area contributed by atoms with E-state index in [9.17, 15) is 18.0 Å². The first-order valence-electron chi connectivity index (χ1n) is 11.1. The van der Waals surface area contributed by atoms with Gasteiger partial charge >= 0.3 is 0 Å². The fourth-order valence-electron chi connectivity index (χ4n) is 4.61. The molecule has 0 spiro atoms. The monoisotopic (exact) mass is 489 g/mol. The summed E-state index contributed by atoms with van der Waals surface area (Å²) in [5, 5.41) is 3.53. The summed E-state index contributed by atoms with van der Waals surface area (Å²) in [7, 11) is -3.97. The molecule has 4 rings (SSSR count). The summed E-state index contributed by atoms with van der Waals surface area (Å²) in [5.41, 5.74) is -0.134. The van der Waals surface area contributed by atoms with Crippen molar-refractivity contribution in [3.63, 3.8) is 0 Å². The van der Waals surface area contributed by atoms with E-state index in [1.807, 2.05) is 6.92 Å². The van der Waals surface area contributed by atoms with Crippen LogP contribution in [0.3, 0.4) is 0 Å². The van der Waals surface area contributed by atoms with Crippen LogP contribution < -0.4 is 10.2 Å². The fourth-order valence-corrected chi connectivity index (χ4v) is 6.29. The molecule has 0 aromatic heterocycles. The highest BCUT2D eigenvalue weighted by Crippen LogP contribution is 2.34. The van der Waals surface area contributed by atoms with Crippen LogP contribution in [0.15, 0.2) is 53.4 Å². The number of hydrogen-bond donors (Lipinski definition) is 1. The molecule has 2 aliphatic rings. The van der Waals surface area contributed by atoms with Gasteiger partial charge in [0.05, 0.1) is 11.4 Å². The predicted molar refractivity (Wildman–Crippen MR) is 128 cm³/mol. The van der Waals surface area contributed by atoms with Gasteiger partial charge in [0.1, 0.15) is 5.54 Å². The molecule has 0 bridgehead atoms. The van der Waals surface area contributed by atoms with E-state index in [4.69, 9.17) is 11.6 Å². The summed E-state index contributed by atoms with van der Waals surface area (Å²) in [6.45, 7) is 2.94. The highest BCUT2D eigenvalue weighted by Gasteiger charge is 2.51. The topological polar surface area (TPSA) is 86.8 Å². The number of aryl methyl sites for hydroxylation is 1. The molecule has 2 aromatic rings. The smallest absolute Gasteiger partial charge is 0.247 e. The number of benzene rings is 2. The highest BCUT2D eigenvalue weighted by atomic mass is 35.5. The molecule has 0 radical (unpaired) electrons. The normalized spacial score (nSPS) is 22.5. The maximum absolute atomic E-state index is 13.6. The SMILES string of the molecule is Cc1ccc(N2C(=O)CN(S(=O)(=O)c3ccccc3)C[C@@]2(C)C(=O)NC2CCCC2)cc1Cl. The third kappa shape index (κ3) is 4.52. The molecule has 33 heavy (non-hydrogen) atoms. The van der Waals surface area contributed by atoms with Crippen LogP contribution in [0.25, 0.3) is 0 Å². The second-order valence-electron chi connectivity index (χ2n) is 8.98. The third-order valence-corrected chi connectivity index (χ3v) is 8.73. The van der Waals surface area contributed by atoms with Crippen LogP contribution in [0, 0.1) is 6.92 Å². The zero-order chi connectivity index (χ0) is 23.8. The summed E-state index contributed by atoms with van der Waals surface area (Å²) in [6, 6.07) is 13.2. The maximum Gasteiger partial charge on any atom is 0.247 e. The van der Waals surface area contributed by atoms with Gasteiger partial charge in [-0.1, -0.05) is 48.7 Å². The molecule has 1 aliphatic heterocycles. The van der Waals surface area contributed by atoms with Crippen LogP contribution in [0.1, 0.15) is 38.2 Å². The van der Waals surface area contributed by atoms with Crippen LogP contribution in [0.5, 0.6) is 0 Å². The van der Waals surface area contributed by atoms with Gasteiger partial charge in [0.25, 0.3) is 0 Å². The quantitative estimate of drug-likeness (QED) is 0.696. The number of halogens is 1. The fraction of sp³-hybridized carbons (Fsp3) is 0.417. The van der Waals surface area contributed by atoms with Crippen molar-refractivity contribution in [1.82, 2.24) is 9.62 Å². The number of hydrogen-bond acceptors (Lipinski definition) is 4. The minimum atomic E-state index is -3.97. The third-order valence-electron chi connectivity index (χ3n) is 6.51. The van der Waals surface area contributed by atoms with Gasteiger partial charge in [-0.2, -0.15) is 4.31 Å². The van der Waals surface area contributed by atoms with Gasteiger partial charge in [-0.25, -0.2) is 8.42 Å².